The number of benzene rings is 1. The number of nitrogens with zero attached hydrogens (tertiary/aromatic N) is 3. The summed E-state index contributed by atoms with van der Waals surface area (Å²) in [6.07, 6.45) is 9.46. The molecule has 2 amide bonds. The Morgan fingerprint density at radius 3 is 2.71 bits per heavy atom. The van der Waals surface area contributed by atoms with Crippen molar-refractivity contribution in [3.8, 4) is 5.75 Å². The molecule has 6 heteroatoms. The number of carbonyl (C=O) groups is 1. The van der Waals surface area contributed by atoms with E-state index in [1.165, 1.54) is 18.4 Å². The predicted octanol–water partition coefficient (Wildman–Crippen LogP) is 4.60. The number of nitrogens with two attached hydrogens (primary N) is 1. The highest BCUT2D eigenvalue weighted by molar-refractivity contribution is 5.85. The molecule has 1 aliphatic rings. The van der Waals surface area contributed by atoms with Gasteiger partial charge in [0.2, 0.25) is 0 Å². The van der Waals surface area contributed by atoms with E-state index in [0.29, 0.717) is 0 Å². The maximum absolute atomic E-state index is 11.5. The third-order valence-electron chi connectivity index (χ3n) is 6.08. The Labute approximate surface area is 186 Å². The molecule has 2 N–H and O–H groups in total. The Morgan fingerprint density at radius 1 is 1.19 bits per heavy atom. The van der Waals surface area contributed by atoms with E-state index < -0.39 is 0 Å². The van der Waals surface area contributed by atoms with Crippen molar-refractivity contribution in [1.82, 2.24) is 14.8 Å². The van der Waals surface area contributed by atoms with E-state index in [4.69, 9.17) is 10.5 Å². The molecule has 1 aromatic heterocycles. The van der Waals surface area contributed by atoms with Gasteiger partial charge in [-0.1, -0.05) is 26.3 Å². The van der Waals surface area contributed by atoms with E-state index in [1.807, 2.05) is 12.3 Å². The summed E-state index contributed by atoms with van der Waals surface area (Å²) >= 11 is 0. The second-order valence-corrected chi connectivity index (χ2v) is 8.61. The monoisotopic (exact) mass is 426 g/mol. The van der Waals surface area contributed by atoms with E-state index in [1.54, 1.807) is 4.90 Å². The molecule has 170 valence electrons. The lowest BCUT2D eigenvalue weighted by Crippen LogP contribution is -2.41. The summed E-state index contributed by atoms with van der Waals surface area (Å²) in [7, 11) is 0. The SMILES string of the molecule is CCCCc1cc(OC2CCN(CCCN(CCC)C(N)=O)CC2)c2ncccc2c1. The van der Waals surface area contributed by atoms with Crippen molar-refractivity contribution in [3.63, 3.8) is 0 Å². The van der Waals surface area contributed by atoms with Crippen LogP contribution in [0.25, 0.3) is 10.9 Å². The van der Waals surface area contributed by atoms with Crippen molar-refractivity contribution in [3.05, 3.63) is 36.0 Å². The first-order valence-electron chi connectivity index (χ1n) is 11.9. The van der Waals surface area contributed by atoms with Gasteiger partial charge in [-0.3, -0.25) is 4.98 Å². The topological polar surface area (TPSA) is 71.7 Å². The fourth-order valence-electron chi connectivity index (χ4n) is 4.35. The van der Waals surface area contributed by atoms with Gasteiger partial charge in [0.05, 0.1) is 0 Å². The number of aryl methyl sites for hydroxylation is 1. The van der Waals surface area contributed by atoms with Gasteiger partial charge in [-0.2, -0.15) is 0 Å². The maximum Gasteiger partial charge on any atom is 0.314 e. The molecule has 1 aromatic carbocycles. The molecule has 1 saturated heterocycles. The van der Waals surface area contributed by atoms with Gasteiger partial charge in [-0.05, 0) is 68.8 Å². The number of primary amides is 1. The summed E-state index contributed by atoms with van der Waals surface area (Å²) in [5.74, 6) is 0.930. The minimum absolute atomic E-state index is 0.227. The van der Waals surface area contributed by atoms with Crippen LogP contribution in [0.15, 0.2) is 30.5 Å². The molecule has 0 spiro atoms. The van der Waals surface area contributed by atoms with E-state index in [-0.39, 0.29) is 12.1 Å². The number of fused-ring (bicyclic) bond motifs is 1. The lowest BCUT2D eigenvalue weighted by molar-refractivity contribution is 0.0992. The van der Waals surface area contributed by atoms with Crippen LogP contribution >= 0.6 is 0 Å². The van der Waals surface area contributed by atoms with Gasteiger partial charge < -0.3 is 20.3 Å². The minimum Gasteiger partial charge on any atom is -0.488 e. The maximum atomic E-state index is 11.5. The molecule has 2 heterocycles. The normalized spacial score (nSPS) is 15.3. The number of hydrogen-bond donors (Lipinski definition) is 1. The number of hydrogen-bond acceptors (Lipinski definition) is 4. The average molecular weight is 427 g/mol. The number of unbranched alkanes of at least 4 members (excludes halogenated alkanes) is 1. The lowest BCUT2D eigenvalue weighted by Gasteiger charge is -2.32. The molecular formula is C25H38N4O2. The summed E-state index contributed by atoms with van der Waals surface area (Å²) < 4.78 is 6.49. The largest absolute Gasteiger partial charge is 0.488 e. The van der Waals surface area contributed by atoms with Crippen LogP contribution in [0, 0.1) is 0 Å². The van der Waals surface area contributed by atoms with Crippen LogP contribution in [0.3, 0.4) is 0 Å². The molecule has 1 fully saturated rings. The average Bonchev–Trinajstić information content (AvgIpc) is 2.78. The highest BCUT2D eigenvalue weighted by Crippen LogP contribution is 2.29. The molecular weight excluding hydrogens is 388 g/mol. The van der Waals surface area contributed by atoms with Crippen LogP contribution < -0.4 is 10.5 Å². The number of amides is 2. The van der Waals surface area contributed by atoms with Crippen LogP contribution in [-0.4, -0.2) is 59.6 Å². The Kier molecular flexibility index (Phi) is 8.95. The number of pyridine rings is 1. The fourth-order valence-corrected chi connectivity index (χ4v) is 4.35. The molecule has 31 heavy (non-hydrogen) atoms. The summed E-state index contributed by atoms with van der Waals surface area (Å²) in [4.78, 5) is 20.3. The summed E-state index contributed by atoms with van der Waals surface area (Å²) in [5, 5.41) is 1.16. The zero-order valence-corrected chi connectivity index (χ0v) is 19.2. The van der Waals surface area contributed by atoms with E-state index in [0.717, 1.165) is 81.5 Å². The minimum atomic E-state index is -0.309. The smallest absolute Gasteiger partial charge is 0.314 e. The number of rotatable bonds is 11. The van der Waals surface area contributed by atoms with Crippen LogP contribution in [0.5, 0.6) is 5.75 Å². The molecule has 0 unspecified atom stereocenters. The zero-order valence-electron chi connectivity index (χ0n) is 19.2. The molecule has 1 aliphatic heterocycles. The van der Waals surface area contributed by atoms with E-state index in [2.05, 4.69) is 41.9 Å². The Hall–Kier alpha value is -2.34. The lowest BCUT2D eigenvalue weighted by atomic mass is 10.0. The third-order valence-corrected chi connectivity index (χ3v) is 6.08. The Bertz CT molecular complexity index is 833. The first-order chi connectivity index (χ1) is 15.1. The van der Waals surface area contributed by atoms with Gasteiger partial charge >= 0.3 is 6.03 Å². The van der Waals surface area contributed by atoms with Crippen molar-refractivity contribution < 1.29 is 9.53 Å². The van der Waals surface area contributed by atoms with Gasteiger partial charge in [-0.15, -0.1) is 0 Å². The van der Waals surface area contributed by atoms with Gasteiger partial charge in [0.15, 0.2) is 0 Å². The second kappa shape index (κ2) is 11.9. The van der Waals surface area contributed by atoms with Crippen molar-refractivity contribution in [2.45, 2.75) is 64.9 Å². The summed E-state index contributed by atoms with van der Waals surface area (Å²) in [6.45, 7) is 8.82. The number of urea groups is 1. The molecule has 0 atom stereocenters. The van der Waals surface area contributed by atoms with Crippen LogP contribution in [0.4, 0.5) is 4.79 Å². The van der Waals surface area contributed by atoms with Gasteiger partial charge in [0, 0.05) is 37.8 Å². The Morgan fingerprint density at radius 2 is 2.00 bits per heavy atom. The number of ether oxygens (including phenoxy) is 1. The molecule has 0 radical (unpaired) electrons. The molecule has 3 rings (SSSR count). The number of likely N-dealkylation sites (tertiary alicyclic amines) is 1. The second-order valence-electron chi connectivity index (χ2n) is 8.61. The van der Waals surface area contributed by atoms with Gasteiger partial charge in [0.25, 0.3) is 0 Å². The first kappa shape index (κ1) is 23.3. The summed E-state index contributed by atoms with van der Waals surface area (Å²) in [5.41, 5.74) is 7.76. The quantitative estimate of drug-likeness (QED) is 0.570. The first-order valence-corrected chi connectivity index (χ1v) is 11.9. The molecule has 0 bridgehead atoms. The highest BCUT2D eigenvalue weighted by atomic mass is 16.5. The van der Waals surface area contributed by atoms with E-state index in [9.17, 15) is 4.79 Å². The molecule has 2 aromatic rings. The van der Waals surface area contributed by atoms with Gasteiger partial charge in [-0.25, -0.2) is 4.79 Å². The van der Waals surface area contributed by atoms with E-state index >= 15 is 0 Å². The molecule has 0 aliphatic carbocycles. The van der Waals surface area contributed by atoms with Crippen LogP contribution in [0.1, 0.15) is 57.9 Å². The molecule has 6 nitrogen and oxygen atoms in total. The van der Waals surface area contributed by atoms with Crippen molar-refractivity contribution in [1.29, 1.82) is 0 Å². The number of aromatic nitrogens is 1. The predicted molar refractivity (Wildman–Crippen MR) is 127 cm³/mol. The standard InChI is InChI=1S/C25H38N4O2/c1-3-5-8-20-18-21-9-6-12-27-24(21)23(19-20)31-22-10-16-28(17-11-22)14-7-15-29(13-4-2)25(26)30/h6,9,12,18-19,22H,3-5,7-8,10-11,13-17H2,1-2H3,(H2,26,30). The Balaban J connectivity index is 1.52. The van der Waals surface area contributed by atoms with Crippen LogP contribution in [-0.2, 0) is 6.42 Å². The fraction of sp³-hybridized carbons (Fsp3) is 0.600. The number of carbonyl (C=O) groups excluding carboxylic acids is 1. The van der Waals surface area contributed by atoms with Crippen molar-refractivity contribution in [2.75, 3.05) is 32.7 Å². The molecule has 0 saturated carbocycles. The van der Waals surface area contributed by atoms with Gasteiger partial charge in [0.1, 0.15) is 17.4 Å². The third kappa shape index (κ3) is 6.82. The zero-order chi connectivity index (χ0) is 22.1. The highest BCUT2D eigenvalue weighted by Gasteiger charge is 2.22. The summed E-state index contributed by atoms with van der Waals surface area (Å²) in [6, 6.07) is 8.26. The van der Waals surface area contributed by atoms with Crippen molar-refractivity contribution >= 4 is 16.9 Å². The van der Waals surface area contributed by atoms with Crippen molar-refractivity contribution in [2.24, 2.45) is 5.73 Å². The number of piperidine rings is 1. The van der Waals surface area contributed by atoms with Crippen LogP contribution in [0.2, 0.25) is 0 Å².